The summed E-state index contributed by atoms with van der Waals surface area (Å²) in [5.41, 5.74) is 2.10. The van der Waals surface area contributed by atoms with Crippen LogP contribution in [0.25, 0.3) is 0 Å². The van der Waals surface area contributed by atoms with E-state index in [4.69, 9.17) is 21.2 Å². The number of pyridine rings is 1. The predicted molar refractivity (Wildman–Crippen MR) is 88.1 cm³/mol. The zero-order valence-electron chi connectivity index (χ0n) is 13.2. The molecule has 0 fully saturated rings. The van der Waals surface area contributed by atoms with Gasteiger partial charge in [-0.25, -0.2) is 4.39 Å². The Hall–Kier alpha value is -1.98. The zero-order valence-corrected chi connectivity index (χ0v) is 14.0. The third-order valence-corrected chi connectivity index (χ3v) is 3.52. The summed E-state index contributed by atoms with van der Waals surface area (Å²) in [6.07, 6.45) is 3.86. The Bertz CT molecular complexity index is 690. The van der Waals surface area contributed by atoms with Gasteiger partial charge in [0.15, 0.2) is 0 Å². The van der Waals surface area contributed by atoms with Gasteiger partial charge in [-0.1, -0.05) is 22.8 Å². The number of ether oxygens (including phenoxy) is 1. The van der Waals surface area contributed by atoms with E-state index in [1.54, 1.807) is 32.3 Å². The van der Waals surface area contributed by atoms with Gasteiger partial charge >= 0.3 is 0 Å². The Labute approximate surface area is 139 Å². The number of rotatable bonds is 6. The second-order valence-corrected chi connectivity index (χ2v) is 5.80. The van der Waals surface area contributed by atoms with Gasteiger partial charge in [-0.15, -0.1) is 0 Å². The molecule has 1 aromatic heterocycles. The maximum Gasteiger partial charge on any atom is 0.230 e. The standard InChI is InChI=1S/C17H18ClFN2O2/c1-17(2,22-3)23-21-16(9-12-5-4-8-20-11-12)14-7-6-13(19)10-15(14)18/h4-8,10-11H,9H2,1-3H3. The van der Waals surface area contributed by atoms with Crippen molar-refractivity contribution in [3.05, 3.63) is 64.7 Å². The SMILES string of the molecule is COC(C)(C)ON=C(Cc1cccnc1)c1ccc(F)cc1Cl. The Morgan fingerprint density at radius 3 is 2.74 bits per heavy atom. The van der Waals surface area contributed by atoms with E-state index in [9.17, 15) is 4.39 Å². The summed E-state index contributed by atoms with van der Waals surface area (Å²) in [7, 11) is 1.53. The lowest BCUT2D eigenvalue weighted by Crippen LogP contribution is -2.25. The number of methoxy groups -OCH3 is 1. The molecule has 0 saturated carbocycles. The third kappa shape index (κ3) is 5.01. The maximum atomic E-state index is 13.3. The summed E-state index contributed by atoms with van der Waals surface area (Å²) in [4.78, 5) is 9.53. The average Bonchev–Trinajstić information content (AvgIpc) is 2.53. The highest BCUT2D eigenvalue weighted by Gasteiger charge is 2.19. The highest BCUT2D eigenvalue weighted by atomic mass is 35.5. The normalized spacial score (nSPS) is 12.3. The first-order valence-electron chi connectivity index (χ1n) is 7.06. The molecule has 0 aliphatic carbocycles. The van der Waals surface area contributed by atoms with Crippen LogP contribution in [0, 0.1) is 5.82 Å². The number of benzene rings is 1. The molecule has 0 radical (unpaired) electrons. The molecule has 23 heavy (non-hydrogen) atoms. The van der Waals surface area contributed by atoms with E-state index < -0.39 is 11.6 Å². The van der Waals surface area contributed by atoms with Crippen molar-refractivity contribution in [2.45, 2.75) is 26.1 Å². The number of nitrogens with zero attached hydrogens (tertiary/aromatic N) is 2. The number of oxime groups is 1. The molecule has 0 spiro atoms. The predicted octanol–water partition coefficient (Wildman–Crippen LogP) is 4.22. The van der Waals surface area contributed by atoms with E-state index in [1.165, 1.54) is 19.2 Å². The molecule has 0 bridgehead atoms. The Kier molecular flexibility index (Phi) is 5.69. The Morgan fingerprint density at radius 2 is 2.13 bits per heavy atom. The quantitative estimate of drug-likeness (QED) is 0.450. The number of hydrogen-bond acceptors (Lipinski definition) is 4. The van der Waals surface area contributed by atoms with Crippen LogP contribution >= 0.6 is 11.6 Å². The minimum atomic E-state index is -0.882. The van der Waals surface area contributed by atoms with Crippen LogP contribution in [0.15, 0.2) is 47.9 Å². The molecule has 6 heteroatoms. The van der Waals surface area contributed by atoms with Crippen LogP contribution in [0.5, 0.6) is 0 Å². The van der Waals surface area contributed by atoms with E-state index in [-0.39, 0.29) is 5.02 Å². The van der Waals surface area contributed by atoms with Crippen molar-refractivity contribution in [2.75, 3.05) is 7.11 Å². The van der Waals surface area contributed by atoms with E-state index in [2.05, 4.69) is 10.1 Å². The van der Waals surface area contributed by atoms with Crippen LogP contribution in [0.1, 0.15) is 25.0 Å². The lowest BCUT2D eigenvalue weighted by Gasteiger charge is -2.21. The molecular formula is C17H18ClFN2O2. The molecule has 0 N–H and O–H groups in total. The molecule has 1 aromatic carbocycles. The molecule has 0 amide bonds. The molecule has 4 nitrogen and oxygen atoms in total. The van der Waals surface area contributed by atoms with Gasteiger partial charge in [0, 0.05) is 45.3 Å². The van der Waals surface area contributed by atoms with Gasteiger partial charge in [0.05, 0.1) is 10.7 Å². The number of aromatic nitrogens is 1. The lowest BCUT2D eigenvalue weighted by atomic mass is 10.0. The van der Waals surface area contributed by atoms with Gasteiger partial charge < -0.3 is 9.57 Å². The van der Waals surface area contributed by atoms with Crippen LogP contribution in [0.3, 0.4) is 0 Å². The largest absolute Gasteiger partial charge is 0.361 e. The number of hydrogen-bond donors (Lipinski definition) is 0. The molecule has 0 atom stereocenters. The highest BCUT2D eigenvalue weighted by Crippen LogP contribution is 2.21. The lowest BCUT2D eigenvalue weighted by molar-refractivity contribution is -0.197. The summed E-state index contributed by atoms with van der Waals surface area (Å²) in [6, 6.07) is 7.91. The smallest absolute Gasteiger partial charge is 0.230 e. The van der Waals surface area contributed by atoms with Crippen molar-refractivity contribution >= 4 is 17.3 Å². The van der Waals surface area contributed by atoms with Crippen molar-refractivity contribution in [3.63, 3.8) is 0 Å². The minimum absolute atomic E-state index is 0.270. The molecular weight excluding hydrogens is 319 g/mol. The Morgan fingerprint density at radius 1 is 1.35 bits per heavy atom. The van der Waals surface area contributed by atoms with Crippen molar-refractivity contribution < 1.29 is 14.0 Å². The van der Waals surface area contributed by atoms with Crippen LogP contribution in [0.2, 0.25) is 5.02 Å². The zero-order chi connectivity index (χ0) is 16.9. The van der Waals surface area contributed by atoms with Crippen LogP contribution in [0.4, 0.5) is 4.39 Å². The number of halogens is 2. The Balaban J connectivity index is 2.36. The van der Waals surface area contributed by atoms with Gasteiger partial charge in [-0.2, -0.15) is 0 Å². The molecule has 2 aromatic rings. The fourth-order valence-corrected chi connectivity index (χ4v) is 2.07. The fraction of sp³-hybridized carbons (Fsp3) is 0.294. The topological polar surface area (TPSA) is 43.7 Å². The third-order valence-electron chi connectivity index (χ3n) is 3.20. The van der Waals surface area contributed by atoms with E-state index in [0.717, 1.165) is 5.56 Å². The van der Waals surface area contributed by atoms with Crippen LogP contribution in [-0.2, 0) is 16.0 Å². The van der Waals surface area contributed by atoms with Gasteiger partial charge in [-0.05, 0) is 29.8 Å². The first-order valence-corrected chi connectivity index (χ1v) is 7.43. The summed E-state index contributed by atoms with van der Waals surface area (Å²) in [6.45, 7) is 3.48. The second kappa shape index (κ2) is 7.53. The van der Waals surface area contributed by atoms with Gasteiger partial charge in [0.1, 0.15) is 5.82 Å². The first kappa shape index (κ1) is 17.4. The molecule has 2 rings (SSSR count). The van der Waals surface area contributed by atoms with Crippen molar-refractivity contribution in [3.8, 4) is 0 Å². The minimum Gasteiger partial charge on any atom is -0.361 e. The van der Waals surface area contributed by atoms with Gasteiger partial charge in [0.2, 0.25) is 5.79 Å². The van der Waals surface area contributed by atoms with Gasteiger partial charge in [-0.3, -0.25) is 4.98 Å². The molecule has 0 saturated heterocycles. The van der Waals surface area contributed by atoms with Crippen molar-refractivity contribution in [1.82, 2.24) is 4.98 Å². The van der Waals surface area contributed by atoms with E-state index >= 15 is 0 Å². The second-order valence-electron chi connectivity index (χ2n) is 5.40. The van der Waals surface area contributed by atoms with E-state index in [1.807, 2.05) is 12.1 Å². The monoisotopic (exact) mass is 336 g/mol. The van der Waals surface area contributed by atoms with Crippen LogP contribution in [-0.4, -0.2) is 23.6 Å². The summed E-state index contributed by atoms with van der Waals surface area (Å²) < 4.78 is 18.5. The molecule has 1 heterocycles. The maximum absolute atomic E-state index is 13.3. The molecule has 122 valence electrons. The summed E-state index contributed by atoms with van der Waals surface area (Å²) in [5.74, 6) is -1.29. The van der Waals surface area contributed by atoms with Crippen molar-refractivity contribution in [2.24, 2.45) is 5.16 Å². The van der Waals surface area contributed by atoms with Gasteiger partial charge in [0.25, 0.3) is 0 Å². The van der Waals surface area contributed by atoms with Crippen LogP contribution < -0.4 is 0 Å². The fourth-order valence-electron chi connectivity index (χ4n) is 1.80. The van der Waals surface area contributed by atoms with E-state index in [0.29, 0.717) is 17.7 Å². The molecule has 0 aliphatic rings. The molecule has 0 aliphatic heterocycles. The summed E-state index contributed by atoms with van der Waals surface area (Å²) in [5, 5.41) is 4.45. The average molecular weight is 337 g/mol. The summed E-state index contributed by atoms with van der Waals surface area (Å²) >= 11 is 6.15. The van der Waals surface area contributed by atoms with Crippen molar-refractivity contribution in [1.29, 1.82) is 0 Å². The highest BCUT2D eigenvalue weighted by molar-refractivity contribution is 6.34. The first-order chi connectivity index (χ1) is 10.9. The molecule has 0 unspecified atom stereocenters.